The predicted molar refractivity (Wildman–Crippen MR) is 121 cm³/mol. The lowest BCUT2D eigenvalue weighted by Crippen LogP contribution is -2.33. The first-order valence-electron chi connectivity index (χ1n) is 10.1. The largest absolute Gasteiger partial charge is 0.394 e. The molecule has 0 aliphatic carbocycles. The Morgan fingerprint density at radius 2 is 2.06 bits per heavy atom. The fourth-order valence-electron chi connectivity index (χ4n) is 3.37. The second kappa shape index (κ2) is 11.3. The number of ether oxygens (including phenoxy) is 2. The van der Waals surface area contributed by atoms with Crippen molar-refractivity contribution in [2.45, 2.75) is 43.4 Å². The van der Waals surface area contributed by atoms with Gasteiger partial charge in [-0.15, -0.1) is 11.8 Å². The van der Waals surface area contributed by atoms with Crippen molar-refractivity contribution in [3.05, 3.63) is 65.8 Å². The molecular weight excluding hydrogens is 472 g/mol. The van der Waals surface area contributed by atoms with Crippen LogP contribution in [0.2, 0.25) is 0 Å². The topological polar surface area (TPSA) is 223 Å². The highest BCUT2D eigenvalue weighted by Gasteiger charge is 2.35. The first-order valence-corrected chi connectivity index (χ1v) is 11.2. The van der Waals surface area contributed by atoms with Gasteiger partial charge in [0.2, 0.25) is 0 Å². The third-order valence-electron chi connectivity index (χ3n) is 5.08. The summed E-state index contributed by atoms with van der Waals surface area (Å²) in [5.74, 6) is 0.817. The molecule has 4 heterocycles. The van der Waals surface area contributed by atoms with Gasteiger partial charge in [0.15, 0.2) is 0 Å². The summed E-state index contributed by atoms with van der Waals surface area (Å²) in [6.07, 6.45) is 1.51. The Kier molecular flexibility index (Phi) is 8.49. The average Bonchev–Trinajstić information content (AvgIpc) is 3.44. The van der Waals surface area contributed by atoms with Crippen LogP contribution >= 0.6 is 11.8 Å². The van der Waals surface area contributed by atoms with Gasteiger partial charge in [-0.1, -0.05) is 5.11 Å². The van der Waals surface area contributed by atoms with Crippen LogP contribution in [-0.2, 0) is 9.47 Å². The molecule has 1 unspecified atom stereocenters. The number of nitrogen functional groups attached to an aromatic ring is 1. The zero-order chi connectivity index (χ0) is 24.8. The third-order valence-corrected chi connectivity index (χ3v) is 6.19. The molecule has 2 saturated heterocycles. The summed E-state index contributed by atoms with van der Waals surface area (Å²) in [5.41, 5.74) is 12.4. The number of azide groups is 1. The van der Waals surface area contributed by atoms with Crippen molar-refractivity contribution in [1.82, 2.24) is 19.1 Å². The number of nitrogens with one attached hydrogen (secondary N) is 1. The number of rotatable bonds is 5. The van der Waals surface area contributed by atoms with Crippen LogP contribution in [0.5, 0.6) is 0 Å². The SMILES string of the molecule is Cc1cn([C@H]2CC(N=[N+]=[N-])[C@@H](CO)O2)c(=O)[nH]c1=O.Nc1ccn([C@@H]2CS[C@H](CO)O2)c(=O)n1. The lowest BCUT2D eigenvalue weighted by atomic mass is 10.1. The monoisotopic (exact) mass is 496 g/mol. The highest BCUT2D eigenvalue weighted by atomic mass is 32.2. The number of thioether (sulfide) groups is 1. The van der Waals surface area contributed by atoms with Crippen LogP contribution in [0.15, 0.2) is 38.0 Å². The van der Waals surface area contributed by atoms with E-state index in [1.54, 1.807) is 19.2 Å². The minimum absolute atomic E-state index is 0.0572. The predicted octanol–water partition coefficient (Wildman–Crippen LogP) is -0.790. The minimum Gasteiger partial charge on any atom is -0.394 e. The number of aromatic amines is 1. The molecule has 15 nitrogen and oxygen atoms in total. The molecule has 184 valence electrons. The Bertz CT molecular complexity index is 1220. The molecule has 2 aromatic heterocycles. The molecule has 2 fully saturated rings. The van der Waals surface area contributed by atoms with Gasteiger partial charge in [-0.25, -0.2) is 9.59 Å². The number of nitrogens with two attached hydrogens (primary N) is 1. The van der Waals surface area contributed by atoms with Gasteiger partial charge in [-0.05, 0) is 18.5 Å². The van der Waals surface area contributed by atoms with Gasteiger partial charge in [0.1, 0.15) is 23.7 Å². The molecule has 5 atom stereocenters. The number of aromatic nitrogens is 4. The van der Waals surface area contributed by atoms with E-state index in [9.17, 15) is 14.4 Å². The maximum Gasteiger partial charge on any atom is 0.351 e. The van der Waals surface area contributed by atoms with Crippen LogP contribution in [0.3, 0.4) is 0 Å². The first-order chi connectivity index (χ1) is 16.3. The number of aliphatic hydroxyl groups is 2. The van der Waals surface area contributed by atoms with Crippen molar-refractivity contribution < 1.29 is 19.7 Å². The van der Waals surface area contributed by atoms with Crippen molar-refractivity contribution >= 4 is 17.6 Å². The van der Waals surface area contributed by atoms with Gasteiger partial charge < -0.3 is 25.4 Å². The summed E-state index contributed by atoms with van der Waals surface area (Å²) >= 11 is 1.47. The highest BCUT2D eigenvalue weighted by Crippen LogP contribution is 2.30. The highest BCUT2D eigenvalue weighted by molar-refractivity contribution is 8.00. The molecule has 4 rings (SSSR count). The molecule has 2 aliphatic heterocycles. The summed E-state index contributed by atoms with van der Waals surface area (Å²) in [6.45, 7) is 1.20. The van der Waals surface area contributed by atoms with Crippen LogP contribution in [-0.4, -0.2) is 65.9 Å². The third kappa shape index (κ3) is 5.85. The fraction of sp³-hybridized carbons (Fsp3) is 0.556. The molecule has 2 aliphatic rings. The Hall–Kier alpha value is -3.14. The lowest BCUT2D eigenvalue weighted by molar-refractivity contribution is -0.0271. The fourth-order valence-corrected chi connectivity index (χ4v) is 4.30. The molecule has 0 radical (unpaired) electrons. The second-order valence-electron chi connectivity index (χ2n) is 7.38. The van der Waals surface area contributed by atoms with Gasteiger partial charge in [-0.3, -0.25) is 18.9 Å². The number of nitrogens with zero attached hydrogens (tertiary/aromatic N) is 6. The van der Waals surface area contributed by atoms with Gasteiger partial charge >= 0.3 is 11.4 Å². The van der Waals surface area contributed by atoms with Crippen LogP contribution in [0.4, 0.5) is 5.82 Å². The first kappa shape index (κ1) is 25.5. The number of aliphatic hydroxyl groups excluding tert-OH is 2. The van der Waals surface area contributed by atoms with Gasteiger partial charge in [0.25, 0.3) is 5.56 Å². The lowest BCUT2D eigenvalue weighted by Gasteiger charge is -2.14. The van der Waals surface area contributed by atoms with E-state index in [0.717, 1.165) is 0 Å². The second-order valence-corrected chi connectivity index (χ2v) is 8.57. The molecule has 34 heavy (non-hydrogen) atoms. The maximum absolute atomic E-state index is 11.7. The summed E-state index contributed by atoms with van der Waals surface area (Å²) in [7, 11) is 0. The van der Waals surface area contributed by atoms with Gasteiger partial charge in [0, 0.05) is 35.0 Å². The van der Waals surface area contributed by atoms with E-state index in [-0.39, 0.29) is 37.1 Å². The number of hydrogen-bond acceptors (Lipinski definition) is 11. The number of H-pyrrole nitrogens is 1. The number of hydrogen-bond donors (Lipinski definition) is 4. The van der Waals surface area contributed by atoms with Crippen molar-refractivity contribution in [2.24, 2.45) is 5.11 Å². The van der Waals surface area contributed by atoms with Crippen molar-refractivity contribution in [3.8, 4) is 0 Å². The molecule has 16 heteroatoms. The van der Waals surface area contributed by atoms with Crippen LogP contribution in [0, 0.1) is 6.92 Å². The molecule has 2 aromatic rings. The van der Waals surface area contributed by atoms with Crippen LogP contribution in [0.1, 0.15) is 24.4 Å². The normalized spacial score (nSPS) is 25.9. The summed E-state index contributed by atoms with van der Waals surface area (Å²) in [5, 5.41) is 21.5. The van der Waals surface area contributed by atoms with E-state index >= 15 is 0 Å². The zero-order valence-corrected chi connectivity index (χ0v) is 18.9. The summed E-state index contributed by atoms with van der Waals surface area (Å²) in [4.78, 5) is 42.9. The van der Waals surface area contributed by atoms with Crippen molar-refractivity contribution in [1.29, 1.82) is 0 Å². The summed E-state index contributed by atoms with van der Waals surface area (Å²) in [6, 6.07) is 1.00. The Morgan fingerprint density at radius 1 is 1.29 bits per heavy atom. The standard InChI is InChI=1S/C10H13N5O4.C8H11N3O3S/c1-5-3-15(10(18)12-9(5)17)8-2-6(13-14-11)7(4-16)19-8;9-5-1-2-11(8(13)10-5)6-4-15-7(3-12)14-6/h3,6-8,16H,2,4H2,1H3,(H,12,17,18);1-2,6-7,12H,3-4H2,(H2,9,10,13)/t6?,7-,8-;6-,7+/m10/s1. The van der Waals surface area contributed by atoms with Crippen LogP contribution < -0.4 is 22.7 Å². The summed E-state index contributed by atoms with van der Waals surface area (Å²) < 4.78 is 13.5. The van der Waals surface area contributed by atoms with Gasteiger partial charge in [0.05, 0.1) is 25.4 Å². The van der Waals surface area contributed by atoms with Gasteiger partial charge in [-0.2, -0.15) is 4.98 Å². The zero-order valence-electron chi connectivity index (χ0n) is 18.1. The quantitative estimate of drug-likeness (QED) is 0.229. The number of aryl methyl sites for hydroxylation is 1. The van der Waals surface area contributed by atoms with E-state index < -0.39 is 35.3 Å². The van der Waals surface area contributed by atoms with E-state index in [1.807, 2.05) is 0 Å². The molecule has 0 saturated carbocycles. The van der Waals surface area contributed by atoms with Crippen LogP contribution in [0.25, 0.3) is 10.4 Å². The molecule has 5 N–H and O–H groups in total. The Balaban J connectivity index is 0.000000196. The van der Waals surface area contributed by atoms with E-state index in [0.29, 0.717) is 11.3 Å². The van der Waals surface area contributed by atoms with E-state index in [2.05, 4.69) is 20.0 Å². The molecule has 0 amide bonds. The molecule has 0 spiro atoms. The molecule has 0 bridgehead atoms. The molecular formula is C18H24N8O7S. The smallest absolute Gasteiger partial charge is 0.351 e. The maximum atomic E-state index is 11.7. The Labute approximate surface area is 195 Å². The molecule has 0 aromatic carbocycles. The van der Waals surface area contributed by atoms with Crippen molar-refractivity contribution in [3.63, 3.8) is 0 Å². The van der Waals surface area contributed by atoms with E-state index in [1.165, 1.54) is 27.1 Å². The Morgan fingerprint density at radius 3 is 2.68 bits per heavy atom. The van der Waals surface area contributed by atoms with Crippen molar-refractivity contribution in [2.75, 3.05) is 24.7 Å². The minimum atomic E-state index is -0.671. The van der Waals surface area contributed by atoms with E-state index in [4.69, 9.17) is 31.0 Å². The average molecular weight is 497 g/mol. The number of anilines is 1.